The fraction of sp³-hybridized carbons (Fsp3) is 0.318. The monoisotopic (exact) mass is 441 g/mol. The van der Waals surface area contributed by atoms with Crippen molar-refractivity contribution in [2.45, 2.75) is 31.8 Å². The van der Waals surface area contributed by atoms with Crippen molar-refractivity contribution in [2.24, 2.45) is 0 Å². The molecule has 1 spiro atoms. The number of benzene rings is 1. The Morgan fingerprint density at radius 2 is 1.78 bits per heavy atom. The minimum absolute atomic E-state index is 0.0148. The summed E-state index contributed by atoms with van der Waals surface area (Å²) in [5.74, 6) is -0.365. The van der Waals surface area contributed by atoms with Crippen molar-refractivity contribution in [3.05, 3.63) is 69.8 Å². The van der Waals surface area contributed by atoms with E-state index < -0.39 is 11.6 Å². The zero-order valence-corrected chi connectivity index (χ0v) is 17.4. The smallest absolute Gasteiger partial charge is 0.325 e. The molecule has 32 heavy (non-hydrogen) atoms. The van der Waals surface area contributed by atoms with Crippen molar-refractivity contribution >= 4 is 24.3 Å². The molecule has 3 heterocycles. The Bertz CT molecular complexity index is 1070. The molecule has 2 aliphatic rings. The summed E-state index contributed by atoms with van der Waals surface area (Å²) in [7, 11) is 0. The summed E-state index contributed by atoms with van der Waals surface area (Å²) in [6.07, 6.45) is 0.637. The molecule has 10 heteroatoms. The average Bonchev–Trinajstić information content (AvgIpc) is 2.98. The van der Waals surface area contributed by atoms with Gasteiger partial charge in [0.15, 0.2) is 11.2 Å². The third-order valence-corrected chi connectivity index (χ3v) is 5.57. The van der Waals surface area contributed by atoms with Gasteiger partial charge in [-0.25, -0.2) is 4.79 Å². The molecule has 168 valence electrons. The van der Waals surface area contributed by atoms with E-state index >= 15 is 0 Å². The molecule has 2 aromatic rings. The van der Waals surface area contributed by atoms with Crippen LogP contribution < -0.4 is 10.7 Å². The summed E-state index contributed by atoms with van der Waals surface area (Å²) in [5.41, 5.74) is -0.339. The van der Waals surface area contributed by atoms with Gasteiger partial charge in [0.05, 0.1) is 0 Å². The first-order valence-electron chi connectivity index (χ1n) is 9.96. The highest BCUT2D eigenvalue weighted by Crippen LogP contribution is 2.35. The van der Waals surface area contributed by atoms with Gasteiger partial charge in [-0.1, -0.05) is 30.3 Å². The number of carboxylic acid groups (broad SMARTS) is 1. The molecule has 10 nitrogen and oxygen atoms in total. The standard InChI is InChI=1S/C21H21N3O5.CH2O2/c1-14-11-16(25)12-17(29-14)18(26)23-9-7-21(8-10-23)19(27)22-20(28)24(21)13-15-5-3-2-4-6-15;2-1-3/h2-6,11-12H,7-10,13H2,1H3,(H,22,27,28);1H,(H,2,3). The van der Waals surface area contributed by atoms with Crippen LogP contribution in [0.1, 0.15) is 34.7 Å². The second-order valence-corrected chi connectivity index (χ2v) is 7.53. The largest absolute Gasteiger partial charge is 0.483 e. The number of nitrogens with zero attached hydrogens (tertiary/aromatic N) is 2. The first-order chi connectivity index (χ1) is 15.3. The van der Waals surface area contributed by atoms with Crippen molar-refractivity contribution < 1.29 is 28.7 Å². The molecule has 0 bridgehead atoms. The van der Waals surface area contributed by atoms with E-state index in [0.29, 0.717) is 25.1 Å². The van der Waals surface area contributed by atoms with Crippen molar-refractivity contribution in [1.82, 2.24) is 15.1 Å². The van der Waals surface area contributed by atoms with Gasteiger partial charge in [-0.2, -0.15) is 0 Å². The minimum Gasteiger partial charge on any atom is -0.483 e. The van der Waals surface area contributed by atoms with Crippen molar-refractivity contribution in [1.29, 1.82) is 0 Å². The molecule has 2 aliphatic heterocycles. The van der Waals surface area contributed by atoms with E-state index in [1.54, 1.807) is 16.7 Å². The molecule has 0 saturated carbocycles. The zero-order valence-electron chi connectivity index (χ0n) is 17.4. The number of amides is 4. The number of aryl methyl sites for hydroxylation is 1. The van der Waals surface area contributed by atoms with Gasteiger partial charge in [-0.3, -0.25) is 24.5 Å². The van der Waals surface area contributed by atoms with Crippen LogP contribution in [-0.2, 0) is 16.1 Å². The zero-order chi connectivity index (χ0) is 23.3. The summed E-state index contributed by atoms with van der Waals surface area (Å²) < 4.78 is 5.39. The van der Waals surface area contributed by atoms with E-state index in [1.807, 2.05) is 30.3 Å². The Kier molecular flexibility index (Phi) is 6.72. The first kappa shape index (κ1) is 22.7. The lowest BCUT2D eigenvalue weighted by atomic mass is 9.85. The van der Waals surface area contributed by atoms with Crippen LogP contribution in [0.4, 0.5) is 4.79 Å². The Morgan fingerprint density at radius 1 is 1.16 bits per heavy atom. The number of nitrogens with one attached hydrogen (secondary N) is 1. The van der Waals surface area contributed by atoms with Crippen LogP contribution in [0.2, 0.25) is 0 Å². The number of imide groups is 1. The van der Waals surface area contributed by atoms with Gasteiger partial charge in [0.25, 0.3) is 18.3 Å². The highest BCUT2D eigenvalue weighted by Gasteiger charge is 2.54. The molecule has 4 amide bonds. The molecule has 2 N–H and O–H groups in total. The van der Waals surface area contributed by atoms with Crippen LogP contribution in [0.5, 0.6) is 0 Å². The number of hydrogen-bond donors (Lipinski definition) is 2. The topological polar surface area (TPSA) is 137 Å². The molecule has 0 radical (unpaired) electrons. The Morgan fingerprint density at radius 3 is 2.38 bits per heavy atom. The summed E-state index contributed by atoms with van der Waals surface area (Å²) in [4.78, 5) is 61.0. The van der Waals surface area contributed by atoms with Crippen molar-refractivity contribution in [2.75, 3.05) is 13.1 Å². The van der Waals surface area contributed by atoms with E-state index in [9.17, 15) is 19.2 Å². The second-order valence-electron chi connectivity index (χ2n) is 7.53. The quantitative estimate of drug-likeness (QED) is 0.542. The van der Waals surface area contributed by atoms with E-state index in [-0.39, 0.29) is 42.6 Å². The molecule has 2 saturated heterocycles. The first-order valence-corrected chi connectivity index (χ1v) is 9.96. The number of hydrogen-bond acceptors (Lipinski definition) is 6. The molecule has 1 aromatic carbocycles. The Hall–Kier alpha value is -3.95. The molecule has 0 unspecified atom stereocenters. The summed E-state index contributed by atoms with van der Waals surface area (Å²) in [6, 6.07) is 11.5. The van der Waals surface area contributed by atoms with Gasteiger partial charge < -0.3 is 19.3 Å². The molecule has 1 aromatic heterocycles. The normalized spacial score (nSPS) is 16.9. The molecule has 2 fully saturated rings. The van der Waals surface area contributed by atoms with Gasteiger partial charge in [0.1, 0.15) is 11.3 Å². The average molecular weight is 441 g/mol. The number of likely N-dealkylation sites (tertiary alicyclic amines) is 1. The van der Waals surface area contributed by atoms with Gasteiger partial charge in [0, 0.05) is 31.8 Å². The highest BCUT2D eigenvalue weighted by molar-refractivity contribution is 6.07. The molecule has 0 aliphatic carbocycles. The van der Waals surface area contributed by atoms with Crippen LogP contribution in [-0.4, -0.2) is 57.9 Å². The lowest BCUT2D eigenvalue weighted by Gasteiger charge is -2.42. The van der Waals surface area contributed by atoms with Crippen LogP contribution >= 0.6 is 0 Å². The number of piperidine rings is 1. The van der Waals surface area contributed by atoms with Crippen molar-refractivity contribution in [3.8, 4) is 0 Å². The minimum atomic E-state index is -0.975. The van der Waals surface area contributed by atoms with Crippen LogP contribution in [0.3, 0.4) is 0 Å². The Balaban J connectivity index is 0.000000913. The van der Waals surface area contributed by atoms with E-state index in [4.69, 9.17) is 14.3 Å². The summed E-state index contributed by atoms with van der Waals surface area (Å²) >= 11 is 0. The predicted octanol–water partition coefficient (Wildman–Crippen LogP) is 1.38. The summed E-state index contributed by atoms with van der Waals surface area (Å²) in [6.45, 7) is 2.24. The fourth-order valence-corrected chi connectivity index (χ4v) is 4.03. The van der Waals surface area contributed by atoms with Gasteiger partial charge in [-0.15, -0.1) is 0 Å². The van der Waals surface area contributed by atoms with E-state index in [1.165, 1.54) is 12.1 Å². The third-order valence-electron chi connectivity index (χ3n) is 5.57. The number of rotatable bonds is 3. The van der Waals surface area contributed by atoms with Crippen LogP contribution in [0.25, 0.3) is 0 Å². The van der Waals surface area contributed by atoms with Crippen molar-refractivity contribution in [3.63, 3.8) is 0 Å². The Labute approximate surface area is 183 Å². The second kappa shape index (κ2) is 9.46. The maximum atomic E-state index is 12.7. The lowest BCUT2D eigenvalue weighted by molar-refractivity contribution is -0.129. The number of carbonyl (C=O) groups is 4. The maximum Gasteiger partial charge on any atom is 0.325 e. The molecular weight excluding hydrogens is 418 g/mol. The molecular formula is C22H23N3O7. The molecule has 0 atom stereocenters. The lowest BCUT2D eigenvalue weighted by Crippen LogP contribution is -2.57. The van der Waals surface area contributed by atoms with E-state index in [2.05, 4.69) is 5.32 Å². The summed E-state index contributed by atoms with van der Waals surface area (Å²) in [5, 5.41) is 9.31. The predicted molar refractivity (Wildman–Crippen MR) is 112 cm³/mol. The van der Waals surface area contributed by atoms with Gasteiger partial charge >= 0.3 is 6.03 Å². The number of urea groups is 1. The van der Waals surface area contributed by atoms with E-state index in [0.717, 1.165) is 5.56 Å². The number of carbonyl (C=O) groups excluding carboxylic acids is 3. The SMILES string of the molecule is Cc1cc(=O)cc(C(=O)N2CCC3(CC2)C(=O)NC(=O)N3Cc2ccccc2)o1.O=CO. The fourth-order valence-electron chi connectivity index (χ4n) is 4.03. The highest BCUT2D eigenvalue weighted by atomic mass is 16.4. The maximum absolute atomic E-state index is 12.7. The van der Waals surface area contributed by atoms with Gasteiger partial charge in [0.2, 0.25) is 0 Å². The van der Waals surface area contributed by atoms with Crippen LogP contribution in [0, 0.1) is 6.92 Å². The van der Waals surface area contributed by atoms with Gasteiger partial charge in [-0.05, 0) is 25.3 Å². The molecule has 4 rings (SSSR count). The third kappa shape index (κ3) is 4.53. The van der Waals surface area contributed by atoms with Crippen LogP contribution in [0.15, 0.2) is 51.7 Å².